The highest BCUT2D eigenvalue weighted by Gasteiger charge is 2.24. The SMILES string of the molecule is CCN(CC1CCN(c2ccccn2)CC1)C(=O)c1cc(N)ccc1C.Cl.Cl. The van der Waals surface area contributed by atoms with Crippen LogP contribution in [0.2, 0.25) is 0 Å². The van der Waals surface area contributed by atoms with Crippen molar-refractivity contribution in [2.75, 3.05) is 36.8 Å². The number of anilines is 2. The lowest BCUT2D eigenvalue weighted by molar-refractivity contribution is 0.0728. The Morgan fingerprint density at radius 3 is 2.54 bits per heavy atom. The number of carbonyl (C=O) groups is 1. The molecule has 28 heavy (non-hydrogen) atoms. The number of hydrogen-bond acceptors (Lipinski definition) is 4. The summed E-state index contributed by atoms with van der Waals surface area (Å²) in [5.41, 5.74) is 8.22. The Hall–Kier alpha value is -1.98. The van der Waals surface area contributed by atoms with Gasteiger partial charge in [0.25, 0.3) is 5.91 Å². The topological polar surface area (TPSA) is 62.5 Å². The average molecular weight is 425 g/mol. The van der Waals surface area contributed by atoms with Crippen LogP contribution in [-0.2, 0) is 0 Å². The van der Waals surface area contributed by atoms with Crippen LogP contribution in [0.15, 0.2) is 42.6 Å². The Kier molecular flexibility index (Phi) is 9.56. The molecule has 0 saturated carbocycles. The molecule has 1 fully saturated rings. The second-order valence-corrected chi connectivity index (χ2v) is 7.04. The molecule has 1 aliphatic heterocycles. The Labute approximate surface area is 180 Å². The molecule has 0 aliphatic carbocycles. The van der Waals surface area contributed by atoms with Gasteiger partial charge in [-0.3, -0.25) is 4.79 Å². The lowest BCUT2D eigenvalue weighted by atomic mass is 9.95. The Morgan fingerprint density at radius 2 is 1.93 bits per heavy atom. The lowest BCUT2D eigenvalue weighted by Crippen LogP contribution is -2.41. The van der Waals surface area contributed by atoms with E-state index in [1.807, 2.05) is 49.2 Å². The largest absolute Gasteiger partial charge is 0.399 e. The van der Waals surface area contributed by atoms with E-state index in [1.54, 1.807) is 6.07 Å². The molecule has 154 valence electrons. The molecule has 1 saturated heterocycles. The van der Waals surface area contributed by atoms with E-state index in [0.29, 0.717) is 18.2 Å². The molecule has 1 amide bonds. The molecule has 1 aromatic carbocycles. The molecule has 2 heterocycles. The van der Waals surface area contributed by atoms with Crippen molar-refractivity contribution in [3.63, 3.8) is 0 Å². The van der Waals surface area contributed by atoms with Crippen molar-refractivity contribution in [3.05, 3.63) is 53.7 Å². The van der Waals surface area contributed by atoms with E-state index in [-0.39, 0.29) is 30.7 Å². The van der Waals surface area contributed by atoms with Crippen LogP contribution in [0.3, 0.4) is 0 Å². The van der Waals surface area contributed by atoms with Gasteiger partial charge in [0.05, 0.1) is 0 Å². The van der Waals surface area contributed by atoms with Crippen molar-refractivity contribution < 1.29 is 4.79 Å². The van der Waals surface area contributed by atoms with Gasteiger partial charge in [0.1, 0.15) is 5.82 Å². The van der Waals surface area contributed by atoms with Crippen molar-refractivity contribution >= 4 is 42.2 Å². The molecular formula is C21H30Cl2N4O. The molecule has 0 spiro atoms. The zero-order chi connectivity index (χ0) is 18.5. The maximum Gasteiger partial charge on any atom is 0.254 e. The van der Waals surface area contributed by atoms with Crippen LogP contribution in [0.5, 0.6) is 0 Å². The first kappa shape index (κ1) is 24.1. The fourth-order valence-electron chi connectivity index (χ4n) is 3.59. The van der Waals surface area contributed by atoms with Gasteiger partial charge in [0, 0.05) is 43.6 Å². The van der Waals surface area contributed by atoms with Crippen LogP contribution >= 0.6 is 24.8 Å². The van der Waals surface area contributed by atoms with E-state index < -0.39 is 0 Å². The number of nitrogens with two attached hydrogens (primary N) is 1. The summed E-state index contributed by atoms with van der Waals surface area (Å²) < 4.78 is 0. The molecule has 7 heteroatoms. The zero-order valence-electron chi connectivity index (χ0n) is 16.5. The van der Waals surface area contributed by atoms with Crippen molar-refractivity contribution in [1.82, 2.24) is 9.88 Å². The summed E-state index contributed by atoms with van der Waals surface area (Å²) in [7, 11) is 0. The molecule has 0 radical (unpaired) electrons. The van der Waals surface area contributed by atoms with Crippen LogP contribution in [-0.4, -0.2) is 42.0 Å². The minimum absolute atomic E-state index is 0. The maximum absolute atomic E-state index is 13.0. The molecule has 1 aromatic heterocycles. The standard InChI is InChI=1S/C21H28N4O.2ClH/c1-3-24(21(26)19-14-18(22)8-7-16(19)2)15-17-9-12-25(13-10-17)20-6-4-5-11-23-20;;/h4-8,11,14,17H,3,9-10,12-13,15,22H2,1-2H3;2*1H. The predicted molar refractivity (Wildman–Crippen MR) is 121 cm³/mol. The first-order valence-corrected chi connectivity index (χ1v) is 9.40. The Balaban J connectivity index is 0.00000196. The number of carbonyl (C=O) groups excluding carboxylic acids is 1. The van der Waals surface area contributed by atoms with Crippen molar-refractivity contribution in [1.29, 1.82) is 0 Å². The number of hydrogen-bond donors (Lipinski definition) is 1. The number of benzene rings is 1. The second kappa shape index (κ2) is 11.1. The minimum Gasteiger partial charge on any atom is -0.399 e. The number of aromatic nitrogens is 1. The van der Waals surface area contributed by atoms with E-state index in [9.17, 15) is 4.79 Å². The van der Waals surface area contributed by atoms with Gasteiger partial charge in [-0.1, -0.05) is 12.1 Å². The fourth-order valence-corrected chi connectivity index (χ4v) is 3.59. The first-order valence-electron chi connectivity index (χ1n) is 9.40. The molecule has 1 aliphatic rings. The molecule has 3 rings (SSSR count). The van der Waals surface area contributed by atoms with E-state index in [4.69, 9.17) is 5.73 Å². The summed E-state index contributed by atoms with van der Waals surface area (Å²) in [4.78, 5) is 21.7. The van der Waals surface area contributed by atoms with E-state index in [1.165, 1.54) is 0 Å². The first-order chi connectivity index (χ1) is 12.6. The summed E-state index contributed by atoms with van der Waals surface area (Å²) in [6.07, 6.45) is 4.00. The van der Waals surface area contributed by atoms with Gasteiger partial charge in [-0.15, -0.1) is 24.8 Å². The molecule has 2 N–H and O–H groups in total. The second-order valence-electron chi connectivity index (χ2n) is 7.04. The molecule has 5 nitrogen and oxygen atoms in total. The van der Waals surface area contributed by atoms with E-state index >= 15 is 0 Å². The van der Waals surface area contributed by atoms with Gasteiger partial charge >= 0.3 is 0 Å². The van der Waals surface area contributed by atoms with Gasteiger partial charge in [-0.25, -0.2) is 4.98 Å². The third kappa shape index (κ3) is 5.76. The van der Waals surface area contributed by atoms with E-state index in [2.05, 4.69) is 16.0 Å². The quantitative estimate of drug-likeness (QED) is 0.730. The number of halogens is 2. The van der Waals surface area contributed by atoms with Crippen molar-refractivity contribution in [2.24, 2.45) is 5.92 Å². The number of nitrogen functional groups attached to an aromatic ring is 1. The van der Waals surface area contributed by atoms with Gasteiger partial charge in [0.15, 0.2) is 0 Å². The van der Waals surface area contributed by atoms with Crippen LogP contribution in [0.25, 0.3) is 0 Å². The summed E-state index contributed by atoms with van der Waals surface area (Å²) in [6, 6.07) is 11.6. The van der Waals surface area contributed by atoms with Crippen LogP contribution in [0.1, 0.15) is 35.7 Å². The Bertz CT molecular complexity index is 749. The molecule has 0 unspecified atom stereocenters. The van der Waals surface area contributed by atoms with Gasteiger partial charge < -0.3 is 15.5 Å². The number of pyridine rings is 1. The molecule has 2 aromatic rings. The van der Waals surface area contributed by atoms with Crippen molar-refractivity contribution in [3.8, 4) is 0 Å². The Morgan fingerprint density at radius 1 is 1.21 bits per heavy atom. The van der Waals surface area contributed by atoms with E-state index in [0.717, 1.165) is 49.4 Å². The summed E-state index contributed by atoms with van der Waals surface area (Å²) >= 11 is 0. The number of nitrogens with zero attached hydrogens (tertiary/aromatic N) is 3. The average Bonchev–Trinajstić information content (AvgIpc) is 2.68. The zero-order valence-corrected chi connectivity index (χ0v) is 18.1. The summed E-state index contributed by atoms with van der Waals surface area (Å²) in [6.45, 7) is 7.51. The highest BCUT2D eigenvalue weighted by atomic mass is 35.5. The van der Waals surface area contributed by atoms with Crippen molar-refractivity contribution in [2.45, 2.75) is 26.7 Å². The molecular weight excluding hydrogens is 395 g/mol. The minimum atomic E-state index is 0. The third-order valence-corrected chi connectivity index (χ3v) is 5.23. The number of piperidine rings is 1. The normalized spacial score (nSPS) is 14.0. The summed E-state index contributed by atoms with van der Waals surface area (Å²) in [5, 5.41) is 0. The fraction of sp³-hybridized carbons (Fsp3) is 0.429. The van der Waals surface area contributed by atoms with Crippen LogP contribution in [0.4, 0.5) is 11.5 Å². The van der Waals surface area contributed by atoms with Crippen LogP contribution in [0, 0.1) is 12.8 Å². The molecule has 0 bridgehead atoms. The monoisotopic (exact) mass is 424 g/mol. The van der Waals surface area contributed by atoms with Gasteiger partial charge in [0.2, 0.25) is 0 Å². The third-order valence-electron chi connectivity index (χ3n) is 5.23. The van der Waals surface area contributed by atoms with Crippen LogP contribution < -0.4 is 10.6 Å². The lowest BCUT2D eigenvalue weighted by Gasteiger charge is -2.35. The highest BCUT2D eigenvalue weighted by Crippen LogP contribution is 2.23. The van der Waals surface area contributed by atoms with Gasteiger partial charge in [-0.05, 0) is 62.4 Å². The highest BCUT2D eigenvalue weighted by molar-refractivity contribution is 5.96. The smallest absolute Gasteiger partial charge is 0.254 e. The van der Waals surface area contributed by atoms with Gasteiger partial charge in [-0.2, -0.15) is 0 Å². The maximum atomic E-state index is 13.0. The predicted octanol–water partition coefficient (Wildman–Crippen LogP) is 4.19. The number of amides is 1. The number of rotatable bonds is 5. The summed E-state index contributed by atoms with van der Waals surface area (Å²) in [5.74, 6) is 1.66. The number of aryl methyl sites for hydroxylation is 1. The molecule has 0 atom stereocenters.